The van der Waals surface area contributed by atoms with Crippen molar-refractivity contribution in [1.29, 1.82) is 0 Å². The summed E-state index contributed by atoms with van der Waals surface area (Å²) >= 11 is 5.93. The van der Waals surface area contributed by atoms with Crippen LogP contribution in [0.15, 0.2) is 72.8 Å². The van der Waals surface area contributed by atoms with Crippen LogP contribution >= 0.6 is 11.6 Å². The first-order valence-corrected chi connectivity index (χ1v) is 12.2. The van der Waals surface area contributed by atoms with E-state index in [9.17, 15) is 4.79 Å². The third-order valence-electron chi connectivity index (χ3n) is 5.83. The van der Waals surface area contributed by atoms with E-state index in [1.54, 1.807) is 7.11 Å². The number of rotatable bonds is 11. The highest BCUT2D eigenvalue weighted by Gasteiger charge is 2.18. The number of benzene rings is 3. The number of methoxy groups -OCH3 is 1. The summed E-state index contributed by atoms with van der Waals surface area (Å²) in [5.74, 6) is 2.40. The fourth-order valence-corrected chi connectivity index (χ4v) is 4.16. The summed E-state index contributed by atoms with van der Waals surface area (Å²) in [5, 5.41) is 3.81. The topological polar surface area (TPSA) is 65.4 Å². The van der Waals surface area contributed by atoms with E-state index in [1.165, 1.54) is 0 Å². The fraction of sp³-hybridized carbons (Fsp3) is 0.286. The van der Waals surface area contributed by atoms with Gasteiger partial charge in [-0.2, -0.15) is 0 Å². The molecule has 0 aliphatic rings. The van der Waals surface area contributed by atoms with Crippen molar-refractivity contribution in [2.45, 2.75) is 38.8 Å². The van der Waals surface area contributed by atoms with Gasteiger partial charge in [-0.3, -0.25) is 4.79 Å². The first kappa shape index (κ1) is 24.6. The van der Waals surface area contributed by atoms with Crippen molar-refractivity contribution in [2.24, 2.45) is 0 Å². The molecule has 1 aromatic heterocycles. The van der Waals surface area contributed by atoms with E-state index in [0.29, 0.717) is 18.1 Å². The predicted octanol–water partition coefficient (Wildman–Crippen LogP) is 5.98. The number of ether oxygens (including phenoxy) is 2. The van der Waals surface area contributed by atoms with Gasteiger partial charge in [0.15, 0.2) is 0 Å². The predicted molar refractivity (Wildman–Crippen MR) is 139 cm³/mol. The number of hydrogen-bond acceptors (Lipinski definition) is 4. The monoisotopic (exact) mass is 491 g/mol. The van der Waals surface area contributed by atoms with E-state index in [2.05, 4.69) is 16.0 Å². The average molecular weight is 492 g/mol. The van der Waals surface area contributed by atoms with Gasteiger partial charge in [0.2, 0.25) is 5.91 Å². The molecule has 0 fully saturated rings. The van der Waals surface area contributed by atoms with Crippen molar-refractivity contribution in [2.75, 3.05) is 13.7 Å². The SMILES string of the molecule is COc1ccc(CC(=O)NC(C)c2nc3ccccc3n2CCCCOc2ccc(Cl)cc2)cc1. The van der Waals surface area contributed by atoms with Crippen LogP contribution in [0.25, 0.3) is 11.0 Å². The molecule has 1 atom stereocenters. The van der Waals surface area contributed by atoms with Gasteiger partial charge in [-0.25, -0.2) is 4.98 Å². The summed E-state index contributed by atoms with van der Waals surface area (Å²) in [7, 11) is 1.63. The number of para-hydroxylation sites is 2. The first-order valence-electron chi connectivity index (χ1n) is 11.8. The van der Waals surface area contributed by atoms with E-state index in [0.717, 1.165) is 53.3 Å². The van der Waals surface area contributed by atoms with Gasteiger partial charge in [-0.05, 0) is 73.9 Å². The lowest BCUT2D eigenvalue weighted by atomic mass is 10.1. The molecule has 1 heterocycles. The Kier molecular flexibility index (Phi) is 8.27. The van der Waals surface area contributed by atoms with E-state index < -0.39 is 0 Å². The largest absolute Gasteiger partial charge is 0.497 e. The van der Waals surface area contributed by atoms with Crippen molar-refractivity contribution in [1.82, 2.24) is 14.9 Å². The van der Waals surface area contributed by atoms with E-state index in [1.807, 2.05) is 73.7 Å². The van der Waals surface area contributed by atoms with Crippen molar-refractivity contribution in [3.8, 4) is 11.5 Å². The minimum Gasteiger partial charge on any atom is -0.497 e. The summed E-state index contributed by atoms with van der Waals surface area (Å²) in [6.45, 7) is 3.39. The number of unbranched alkanes of at least 4 members (excludes halogenated alkanes) is 1. The lowest BCUT2D eigenvalue weighted by molar-refractivity contribution is -0.121. The number of fused-ring (bicyclic) bond motifs is 1. The highest BCUT2D eigenvalue weighted by molar-refractivity contribution is 6.30. The molecule has 0 saturated carbocycles. The maximum absolute atomic E-state index is 12.7. The number of carbonyl (C=O) groups excluding carboxylic acids is 1. The third-order valence-corrected chi connectivity index (χ3v) is 6.08. The molecule has 0 bridgehead atoms. The molecule has 7 heteroatoms. The van der Waals surface area contributed by atoms with E-state index in [4.69, 9.17) is 26.1 Å². The van der Waals surface area contributed by atoms with Gasteiger partial charge in [0.25, 0.3) is 0 Å². The number of halogens is 1. The highest BCUT2D eigenvalue weighted by atomic mass is 35.5. The second-order valence-electron chi connectivity index (χ2n) is 8.43. The Hall–Kier alpha value is -3.51. The summed E-state index contributed by atoms with van der Waals surface area (Å²) < 4.78 is 13.2. The minimum atomic E-state index is -0.224. The summed E-state index contributed by atoms with van der Waals surface area (Å²) in [6, 6.07) is 22.8. The molecule has 0 radical (unpaired) electrons. The Morgan fingerprint density at radius 1 is 1.00 bits per heavy atom. The summed E-state index contributed by atoms with van der Waals surface area (Å²) in [6.07, 6.45) is 2.12. The molecule has 0 aliphatic carbocycles. The Labute approximate surface area is 210 Å². The number of nitrogens with zero attached hydrogens (tertiary/aromatic N) is 2. The second-order valence-corrected chi connectivity index (χ2v) is 8.87. The van der Waals surface area contributed by atoms with Gasteiger partial charge < -0.3 is 19.4 Å². The van der Waals surface area contributed by atoms with Crippen LogP contribution < -0.4 is 14.8 Å². The van der Waals surface area contributed by atoms with Crippen LogP contribution in [0.1, 0.15) is 37.2 Å². The number of nitrogens with one attached hydrogen (secondary N) is 1. The van der Waals surface area contributed by atoms with E-state index >= 15 is 0 Å². The number of aromatic nitrogens is 2. The lowest BCUT2D eigenvalue weighted by Gasteiger charge is -2.17. The summed E-state index contributed by atoms with van der Waals surface area (Å²) in [5.41, 5.74) is 2.93. The standard InChI is InChI=1S/C28H30ClN3O3/c1-20(30-27(33)19-21-9-13-23(34-2)14-10-21)28-31-25-7-3-4-8-26(25)32(28)17-5-6-18-35-24-15-11-22(29)12-16-24/h3-4,7-16,20H,5-6,17-19H2,1-2H3,(H,30,33). The van der Waals surface area contributed by atoms with Crippen molar-refractivity contribution >= 4 is 28.5 Å². The van der Waals surface area contributed by atoms with Gasteiger partial charge in [0.1, 0.15) is 17.3 Å². The smallest absolute Gasteiger partial charge is 0.224 e. The highest BCUT2D eigenvalue weighted by Crippen LogP contribution is 2.22. The quantitative estimate of drug-likeness (QED) is 0.262. The normalized spacial score (nSPS) is 11.9. The molecule has 182 valence electrons. The maximum Gasteiger partial charge on any atom is 0.224 e. The Bertz CT molecular complexity index is 1250. The molecule has 6 nitrogen and oxygen atoms in total. The lowest BCUT2D eigenvalue weighted by Crippen LogP contribution is -2.30. The van der Waals surface area contributed by atoms with Gasteiger partial charge in [-0.15, -0.1) is 0 Å². The zero-order valence-corrected chi connectivity index (χ0v) is 20.8. The average Bonchev–Trinajstić information content (AvgIpc) is 3.24. The van der Waals surface area contributed by atoms with Crippen LogP contribution in [0, 0.1) is 0 Å². The van der Waals surface area contributed by atoms with Crippen molar-refractivity contribution < 1.29 is 14.3 Å². The van der Waals surface area contributed by atoms with Crippen LogP contribution in [0.5, 0.6) is 11.5 Å². The zero-order chi connectivity index (χ0) is 24.6. The molecule has 1 N–H and O–H groups in total. The fourth-order valence-electron chi connectivity index (χ4n) is 4.04. The molecule has 1 amide bonds. The number of carbonyl (C=O) groups is 1. The minimum absolute atomic E-state index is 0.0439. The van der Waals surface area contributed by atoms with Gasteiger partial charge >= 0.3 is 0 Å². The molecular formula is C28H30ClN3O3. The van der Waals surface area contributed by atoms with Gasteiger partial charge in [0.05, 0.1) is 37.2 Å². The zero-order valence-electron chi connectivity index (χ0n) is 20.0. The first-order chi connectivity index (χ1) is 17.0. The molecule has 1 unspecified atom stereocenters. The van der Waals surface area contributed by atoms with Crippen LogP contribution in [-0.4, -0.2) is 29.2 Å². The Morgan fingerprint density at radius 3 is 2.46 bits per heavy atom. The Morgan fingerprint density at radius 2 is 1.71 bits per heavy atom. The number of imidazole rings is 1. The van der Waals surface area contributed by atoms with Crippen LogP contribution in [-0.2, 0) is 17.8 Å². The number of hydrogen-bond donors (Lipinski definition) is 1. The van der Waals surface area contributed by atoms with Crippen LogP contribution in [0.4, 0.5) is 0 Å². The molecule has 4 aromatic rings. The number of aryl methyl sites for hydroxylation is 1. The molecule has 4 rings (SSSR count). The molecule has 0 saturated heterocycles. The Balaban J connectivity index is 1.37. The van der Waals surface area contributed by atoms with Crippen molar-refractivity contribution in [3.05, 3.63) is 89.2 Å². The van der Waals surface area contributed by atoms with Crippen molar-refractivity contribution in [3.63, 3.8) is 0 Å². The third kappa shape index (κ3) is 6.55. The van der Waals surface area contributed by atoms with Gasteiger partial charge in [-0.1, -0.05) is 35.9 Å². The van der Waals surface area contributed by atoms with Gasteiger partial charge in [0, 0.05) is 11.6 Å². The van der Waals surface area contributed by atoms with E-state index in [-0.39, 0.29) is 11.9 Å². The molecular weight excluding hydrogens is 462 g/mol. The van der Waals surface area contributed by atoms with Crippen LogP contribution in [0.2, 0.25) is 5.02 Å². The molecule has 0 aliphatic heterocycles. The maximum atomic E-state index is 12.7. The number of amides is 1. The summed E-state index contributed by atoms with van der Waals surface area (Å²) in [4.78, 5) is 17.6. The molecule has 35 heavy (non-hydrogen) atoms. The van der Waals surface area contributed by atoms with Crippen LogP contribution in [0.3, 0.4) is 0 Å². The molecule has 0 spiro atoms. The second kappa shape index (κ2) is 11.8. The molecule has 3 aromatic carbocycles.